The maximum atomic E-state index is 11.9. The number of methoxy groups -OCH3 is 1. The zero-order valence-corrected chi connectivity index (χ0v) is 17.6. The number of aryl methyl sites for hydroxylation is 1. The summed E-state index contributed by atoms with van der Waals surface area (Å²) in [6.45, 7) is 6.91. The van der Waals surface area contributed by atoms with Crippen LogP contribution in [0.2, 0.25) is 0 Å². The molecule has 0 aliphatic rings. The van der Waals surface area contributed by atoms with Crippen molar-refractivity contribution in [1.82, 2.24) is 25.3 Å². The molecule has 0 saturated heterocycles. The van der Waals surface area contributed by atoms with Gasteiger partial charge in [-0.05, 0) is 62.7 Å². The smallest absolute Gasteiger partial charge is 0.258 e. The van der Waals surface area contributed by atoms with Crippen LogP contribution in [0.5, 0.6) is 11.5 Å². The topological polar surface area (TPSA) is 103 Å². The number of amides is 1. The number of hydrogen-bond donors (Lipinski definition) is 2. The molecule has 0 spiro atoms. The molecule has 0 aliphatic carbocycles. The molecule has 158 valence electrons. The second kappa shape index (κ2) is 9.73. The summed E-state index contributed by atoms with van der Waals surface area (Å²) < 4.78 is 12.3. The van der Waals surface area contributed by atoms with Crippen molar-refractivity contribution >= 4 is 11.7 Å². The highest BCUT2D eigenvalue weighted by atomic mass is 16.5. The van der Waals surface area contributed by atoms with E-state index < -0.39 is 0 Å². The Morgan fingerprint density at radius 3 is 2.33 bits per heavy atom. The molecule has 0 atom stereocenters. The quantitative estimate of drug-likeness (QED) is 0.521. The van der Waals surface area contributed by atoms with E-state index in [0.29, 0.717) is 30.5 Å². The Labute approximate surface area is 175 Å². The molecule has 2 N–H and O–H groups in total. The van der Waals surface area contributed by atoms with Crippen LogP contribution in [0.3, 0.4) is 0 Å². The molecule has 0 fully saturated rings. The van der Waals surface area contributed by atoms with Crippen molar-refractivity contribution < 1.29 is 14.3 Å². The monoisotopic (exact) mass is 410 g/mol. The van der Waals surface area contributed by atoms with Gasteiger partial charge in [0.05, 0.1) is 12.8 Å². The number of benzene rings is 1. The second-order valence-electron chi connectivity index (χ2n) is 6.73. The second-order valence-corrected chi connectivity index (χ2v) is 6.73. The van der Waals surface area contributed by atoms with Gasteiger partial charge in [-0.2, -0.15) is 5.10 Å². The third-order valence-corrected chi connectivity index (χ3v) is 4.70. The minimum absolute atomic E-state index is 0.0527. The van der Waals surface area contributed by atoms with Crippen molar-refractivity contribution in [3.05, 3.63) is 53.3 Å². The maximum Gasteiger partial charge on any atom is 0.258 e. The van der Waals surface area contributed by atoms with Crippen molar-refractivity contribution in [2.24, 2.45) is 0 Å². The molecule has 0 saturated carbocycles. The minimum atomic E-state index is -0.200. The highest BCUT2D eigenvalue weighted by molar-refractivity contribution is 5.77. The third-order valence-electron chi connectivity index (χ3n) is 4.70. The number of nitrogens with zero attached hydrogens (tertiary/aromatic N) is 4. The summed E-state index contributed by atoms with van der Waals surface area (Å²) in [6.07, 6.45) is 0. The van der Waals surface area contributed by atoms with Gasteiger partial charge in [0.1, 0.15) is 17.3 Å². The molecule has 3 aromatic rings. The van der Waals surface area contributed by atoms with E-state index in [1.807, 2.05) is 32.9 Å². The molecule has 2 heterocycles. The first-order chi connectivity index (χ1) is 14.5. The standard InChI is InChI=1S/C21H26N6O3/c1-14-15(2)26-27(16(14)3)20-10-9-19(24-25-20)22-11-12-23-21(28)13-30-18-7-5-17(29-4)6-8-18/h5-10H,11-13H2,1-4H3,(H,22,24)(H,23,28). The highest BCUT2D eigenvalue weighted by Gasteiger charge is 2.10. The van der Waals surface area contributed by atoms with Gasteiger partial charge in [-0.25, -0.2) is 4.68 Å². The normalized spacial score (nSPS) is 10.5. The van der Waals surface area contributed by atoms with Gasteiger partial charge >= 0.3 is 0 Å². The molecular weight excluding hydrogens is 384 g/mol. The Morgan fingerprint density at radius 2 is 1.73 bits per heavy atom. The molecule has 9 heteroatoms. The van der Waals surface area contributed by atoms with E-state index in [0.717, 1.165) is 22.7 Å². The van der Waals surface area contributed by atoms with E-state index >= 15 is 0 Å². The molecule has 0 unspecified atom stereocenters. The fraction of sp³-hybridized carbons (Fsp3) is 0.333. The number of ether oxygens (including phenoxy) is 2. The van der Waals surface area contributed by atoms with E-state index in [9.17, 15) is 4.79 Å². The van der Waals surface area contributed by atoms with Gasteiger partial charge in [0.25, 0.3) is 5.91 Å². The Bertz CT molecular complexity index is 983. The fourth-order valence-corrected chi connectivity index (χ4v) is 2.74. The van der Waals surface area contributed by atoms with Gasteiger partial charge in [0, 0.05) is 18.8 Å². The molecule has 9 nitrogen and oxygen atoms in total. The first kappa shape index (κ1) is 21.1. The Morgan fingerprint density at radius 1 is 1.00 bits per heavy atom. The lowest BCUT2D eigenvalue weighted by atomic mass is 10.2. The van der Waals surface area contributed by atoms with Crippen LogP contribution in [0.15, 0.2) is 36.4 Å². The van der Waals surface area contributed by atoms with Crippen LogP contribution in [0.1, 0.15) is 17.0 Å². The SMILES string of the molecule is COc1ccc(OCC(=O)NCCNc2ccc(-n3nc(C)c(C)c3C)nn2)cc1. The van der Waals surface area contributed by atoms with Crippen molar-refractivity contribution in [3.8, 4) is 17.3 Å². The van der Waals surface area contributed by atoms with Crippen molar-refractivity contribution in [3.63, 3.8) is 0 Å². The van der Waals surface area contributed by atoms with Crippen LogP contribution >= 0.6 is 0 Å². The van der Waals surface area contributed by atoms with Gasteiger partial charge in [-0.3, -0.25) is 4.79 Å². The van der Waals surface area contributed by atoms with E-state index in [4.69, 9.17) is 9.47 Å². The third kappa shape index (κ3) is 5.25. The summed E-state index contributed by atoms with van der Waals surface area (Å²) in [5.41, 5.74) is 3.16. The number of nitrogens with one attached hydrogen (secondary N) is 2. The summed E-state index contributed by atoms with van der Waals surface area (Å²) in [4.78, 5) is 11.9. The van der Waals surface area contributed by atoms with Crippen molar-refractivity contribution in [2.75, 3.05) is 32.1 Å². The Balaban J connectivity index is 1.39. The number of carbonyl (C=O) groups is 1. The largest absolute Gasteiger partial charge is 0.497 e. The molecule has 30 heavy (non-hydrogen) atoms. The number of rotatable bonds is 9. The Hall–Kier alpha value is -3.62. The van der Waals surface area contributed by atoms with Crippen LogP contribution in [0.25, 0.3) is 5.82 Å². The van der Waals surface area contributed by atoms with Crippen LogP contribution < -0.4 is 20.1 Å². The van der Waals surface area contributed by atoms with Crippen LogP contribution in [0.4, 0.5) is 5.82 Å². The summed E-state index contributed by atoms with van der Waals surface area (Å²) in [5, 5.41) is 18.8. The lowest BCUT2D eigenvalue weighted by molar-refractivity contribution is -0.123. The van der Waals surface area contributed by atoms with E-state index in [-0.39, 0.29) is 12.5 Å². The fourth-order valence-electron chi connectivity index (χ4n) is 2.74. The minimum Gasteiger partial charge on any atom is -0.497 e. The summed E-state index contributed by atoms with van der Waals surface area (Å²) >= 11 is 0. The zero-order valence-electron chi connectivity index (χ0n) is 17.6. The zero-order chi connectivity index (χ0) is 21.5. The lowest BCUT2D eigenvalue weighted by Gasteiger charge is -2.09. The van der Waals surface area contributed by atoms with Gasteiger partial charge in [0.2, 0.25) is 0 Å². The van der Waals surface area contributed by atoms with E-state index in [2.05, 4.69) is 25.9 Å². The molecule has 0 aliphatic heterocycles. The van der Waals surface area contributed by atoms with Crippen LogP contribution in [-0.4, -0.2) is 52.7 Å². The molecule has 3 rings (SSSR count). The van der Waals surface area contributed by atoms with Gasteiger partial charge in [-0.1, -0.05) is 0 Å². The first-order valence-electron chi connectivity index (χ1n) is 9.62. The molecule has 2 aromatic heterocycles. The summed E-state index contributed by atoms with van der Waals surface area (Å²) in [6, 6.07) is 10.8. The molecular formula is C21H26N6O3. The lowest BCUT2D eigenvalue weighted by Crippen LogP contribution is -2.32. The Kier molecular flexibility index (Phi) is 6.84. The molecule has 0 bridgehead atoms. The molecule has 1 aromatic carbocycles. The number of hydrogen-bond acceptors (Lipinski definition) is 7. The predicted octanol–water partition coefficient (Wildman–Crippen LogP) is 2.20. The first-order valence-corrected chi connectivity index (χ1v) is 9.62. The van der Waals surface area contributed by atoms with Crippen molar-refractivity contribution in [2.45, 2.75) is 20.8 Å². The van der Waals surface area contributed by atoms with Crippen LogP contribution in [0, 0.1) is 20.8 Å². The average Bonchev–Trinajstić information content (AvgIpc) is 3.03. The van der Waals surface area contributed by atoms with Gasteiger partial charge in [-0.15, -0.1) is 10.2 Å². The van der Waals surface area contributed by atoms with Gasteiger partial charge < -0.3 is 20.1 Å². The van der Waals surface area contributed by atoms with E-state index in [1.54, 1.807) is 36.1 Å². The molecule has 0 radical (unpaired) electrons. The van der Waals surface area contributed by atoms with E-state index in [1.165, 1.54) is 0 Å². The summed E-state index contributed by atoms with van der Waals surface area (Å²) in [5.74, 6) is 2.43. The number of aromatic nitrogens is 4. The number of anilines is 1. The molecule has 1 amide bonds. The number of carbonyl (C=O) groups excluding carboxylic acids is 1. The highest BCUT2D eigenvalue weighted by Crippen LogP contribution is 2.17. The van der Waals surface area contributed by atoms with Crippen LogP contribution in [-0.2, 0) is 4.79 Å². The predicted molar refractivity (Wildman–Crippen MR) is 113 cm³/mol. The average molecular weight is 410 g/mol. The van der Waals surface area contributed by atoms with Gasteiger partial charge in [0.15, 0.2) is 12.4 Å². The maximum absolute atomic E-state index is 11.9. The van der Waals surface area contributed by atoms with Crippen molar-refractivity contribution in [1.29, 1.82) is 0 Å². The summed E-state index contributed by atoms with van der Waals surface area (Å²) in [7, 11) is 1.60.